The van der Waals surface area contributed by atoms with E-state index >= 15 is 0 Å². The summed E-state index contributed by atoms with van der Waals surface area (Å²) in [6.45, 7) is 2.90. The molecule has 1 atom stereocenters. The molecule has 0 heterocycles. The van der Waals surface area contributed by atoms with Crippen LogP contribution in [0.3, 0.4) is 0 Å². The maximum Gasteiger partial charge on any atom is 0.339 e. The SMILES string of the molecule is COc1ccc(C(=O)O[C@H](C)C(=O)Nc2ccccc2C(C)=O)c2ccccc12. The lowest BCUT2D eigenvalue weighted by molar-refractivity contribution is -0.123. The van der Waals surface area contributed by atoms with Gasteiger partial charge in [-0.05, 0) is 43.5 Å². The van der Waals surface area contributed by atoms with Crippen molar-refractivity contribution in [3.8, 4) is 5.75 Å². The average Bonchev–Trinajstić information content (AvgIpc) is 2.72. The third-order valence-corrected chi connectivity index (χ3v) is 4.54. The van der Waals surface area contributed by atoms with Crippen molar-refractivity contribution in [3.05, 3.63) is 71.8 Å². The highest BCUT2D eigenvalue weighted by molar-refractivity contribution is 6.08. The molecular weight excluding hydrogens is 370 g/mol. The molecular formula is C23H21NO5. The van der Waals surface area contributed by atoms with Crippen LogP contribution in [0.2, 0.25) is 0 Å². The van der Waals surface area contributed by atoms with Gasteiger partial charge in [0.2, 0.25) is 0 Å². The van der Waals surface area contributed by atoms with Gasteiger partial charge in [-0.15, -0.1) is 0 Å². The Labute approximate surface area is 168 Å². The van der Waals surface area contributed by atoms with Crippen LogP contribution in [0.1, 0.15) is 34.6 Å². The molecule has 3 aromatic carbocycles. The van der Waals surface area contributed by atoms with Crippen LogP contribution in [-0.4, -0.2) is 30.9 Å². The first-order chi connectivity index (χ1) is 13.9. The molecule has 0 bridgehead atoms. The number of hydrogen-bond donors (Lipinski definition) is 1. The Morgan fingerprint density at radius 3 is 2.21 bits per heavy atom. The number of carbonyl (C=O) groups excluding carboxylic acids is 3. The summed E-state index contributed by atoms with van der Waals surface area (Å²) in [5.41, 5.74) is 1.11. The number of anilines is 1. The molecule has 0 saturated carbocycles. The lowest BCUT2D eigenvalue weighted by atomic mass is 10.0. The smallest absolute Gasteiger partial charge is 0.339 e. The number of benzene rings is 3. The third kappa shape index (κ3) is 4.27. The minimum absolute atomic E-state index is 0.171. The van der Waals surface area contributed by atoms with E-state index in [-0.39, 0.29) is 5.78 Å². The molecule has 0 aliphatic heterocycles. The van der Waals surface area contributed by atoms with Crippen LogP contribution in [0.15, 0.2) is 60.7 Å². The van der Waals surface area contributed by atoms with E-state index in [4.69, 9.17) is 9.47 Å². The van der Waals surface area contributed by atoms with Crippen molar-refractivity contribution >= 4 is 34.1 Å². The Morgan fingerprint density at radius 1 is 0.862 bits per heavy atom. The molecule has 1 N–H and O–H groups in total. The molecule has 148 valence electrons. The zero-order valence-electron chi connectivity index (χ0n) is 16.4. The number of carbonyl (C=O) groups is 3. The van der Waals surface area contributed by atoms with E-state index in [1.807, 2.05) is 18.2 Å². The zero-order valence-corrected chi connectivity index (χ0v) is 16.4. The zero-order chi connectivity index (χ0) is 21.0. The molecule has 0 fully saturated rings. The Hall–Kier alpha value is -3.67. The predicted molar refractivity (Wildman–Crippen MR) is 110 cm³/mol. The van der Waals surface area contributed by atoms with Gasteiger partial charge < -0.3 is 14.8 Å². The van der Waals surface area contributed by atoms with Crippen LogP contribution in [0, 0.1) is 0 Å². The summed E-state index contributed by atoms with van der Waals surface area (Å²) in [5, 5.41) is 4.09. The van der Waals surface area contributed by atoms with Crippen LogP contribution in [0.5, 0.6) is 5.75 Å². The van der Waals surface area contributed by atoms with Gasteiger partial charge in [-0.1, -0.05) is 36.4 Å². The fraction of sp³-hybridized carbons (Fsp3) is 0.174. The van der Waals surface area contributed by atoms with Gasteiger partial charge in [-0.25, -0.2) is 4.79 Å². The van der Waals surface area contributed by atoms with Gasteiger partial charge in [0.25, 0.3) is 5.91 Å². The Bertz CT molecular complexity index is 1090. The molecule has 0 unspecified atom stereocenters. The summed E-state index contributed by atoms with van der Waals surface area (Å²) >= 11 is 0. The van der Waals surface area contributed by atoms with E-state index in [0.717, 1.165) is 5.39 Å². The second-order valence-corrected chi connectivity index (χ2v) is 6.50. The quantitative estimate of drug-likeness (QED) is 0.502. The molecule has 0 radical (unpaired) electrons. The van der Waals surface area contributed by atoms with E-state index < -0.39 is 18.0 Å². The largest absolute Gasteiger partial charge is 0.496 e. The molecule has 0 aromatic heterocycles. The van der Waals surface area contributed by atoms with Gasteiger partial charge in [0.05, 0.1) is 18.4 Å². The summed E-state index contributed by atoms with van der Waals surface area (Å²) in [6.07, 6.45) is -1.05. The van der Waals surface area contributed by atoms with Crippen molar-refractivity contribution in [2.75, 3.05) is 12.4 Å². The van der Waals surface area contributed by atoms with Gasteiger partial charge in [0.1, 0.15) is 5.75 Å². The topological polar surface area (TPSA) is 81.7 Å². The van der Waals surface area contributed by atoms with E-state index in [9.17, 15) is 14.4 Å². The van der Waals surface area contributed by atoms with Gasteiger partial charge in [-0.2, -0.15) is 0 Å². The fourth-order valence-electron chi connectivity index (χ4n) is 3.04. The highest BCUT2D eigenvalue weighted by Crippen LogP contribution is 2.29. The molecule has 0 aliphatic rings. The summed E-state index contributed by atoms with van der Waals surface area (Å²) < 4.78 is 10.7. The van der Waals surface area contributed by atoms with Crippen molar-refractivity contribution in [1.82, 2.24) is 0 Å². The lowest BCUT2D eigenvalue weighted by Crippen LogP contribution is -2.30. The first kappa shape index (κ1) is 20.1. The number of nitrogens with one attached hydrogen (secondary N) is 1. The van der Waals surface area contributed by atoms with Crippen LogP contribution in [0.4, 0.5) is 5.69 Å². The van der Waals surface area contributed by atoms with Crippen molar-refractivity contribution in [1.29, 1.82) is 0 Å². The molecule has 3 aromatic rings. The molecule has 0 saturated heterocycles. The number of methoxy groups -OCH3 is 1. The number of Topliss-reactive ketones (excluding diaryl/α,β-unsaturated/α-hetero) is 1. The first-order valence-electron chi connectivity index (χ1n) is 9.10. The number of hydrogen-bond acceptors (Lipinski definition) is 5. The number of fused-ring (bicyclic) bond motifs is 1. The number of ether oxygens (including phenoxy) is 2. The highest BCUT2D eigenvalue weighted by Gasteiger charge is 2.22. The van der Waals surface area contributed by atoms with Crippen molar-refractivity contribution in [2.45, 2.75) is 20.0 Å². The highest BCUT2D eigenvalue weighted by atomic mass is 16.5. The molecule has 29 heavy (non-hydrogen) atoms. The molecule has 6 heteroatoms. The van der Waals surface area contributed by atoms with Crippen molar-refractivity contribution in [3.63, 3.8) is 0 Å². The van der Waals surface area contributed by atoms with E-state index in [1.165, 1.54) is 13.8 Å². The normalized spacial score (nSPS) is 11.6. The van der Waals surface area contributed by atoms with E-state index in [0.29, 0.717) is 28.0 Å². The molecule has 0 aliphatic carbocycles. The predicted octanol–water partition coefficient (Wildman–Crippen LogP) is 4.24. The van der Waals surface area contributed by atoms with Crippen LogP contribution in [0.25, 0.3) is 10.8 Å². The summed E-state index contributed by atoms with van der Waals surface area (Å²) in [5.74, 6) is -0.671. The molecule has 1 amide bonds. The Balaban J connectivity index is 1.79. The van der Waals surface area contributed by atoms with Gasteiger partial charge >= 0.3 is 5.97 Å². The van der Waals surface area contributed by atoms with Crippen molar-refractivity contribution < 1.29 is 23.9 Å². The van der Waals surface area contributed by atoms with Crippen LogP contribution < -0.4 is 10.1 Å². The summed E-state index contributed by atoms with van der Waals surface area (Å²) in [7, 11) is 1.56. The minimum atomic E-state index is -1.05. The number of esters is 1. The number of rotatable bonds is 6. The monoisotopic (exact) mass is 391 g/mol. The van der Waals surface area contributed by atoms with Crippen LogP contribution >= 0.6 is 0 Å². The van der Waals surface area contributed by atoms with E-state index in [1.54, 1.807) is 49.6 Å². The molecule has 3 rings (SSSR count). The maximum atomic E-state index is 12.7. The summed E-state index contributed by atoms with van der Waals surface area (Å²) in [4.78, 5) is 36.9. The Kier molecular flexibility index (Phi) is 5.93. The van der Waals surface area contributed by atoms with Crippen molar-refractivity contribution in [2.24, 2.45) is 0 Å². The standard InChI is InChI=1S/C23H21NO5/c1-14(25)16-8-6-7-11-20(16)24-22(26)15(2)29-23(27)19-12-13-21(28-3)18-10-5-4-9-17(18)19/h4-13,15H,1-3H3,(H,24,26)/t15-/m1/s1. The second-order valence-electron chi connectivity index (χ2n) is 6.50. The molecule has 0 spiro atoms. The maximum absolute atomic E-state index is 12.7. The van der Waals surface area contributed by atoms with Gasteiger partial charge in [-0.3, -0.25) is 9.59 Å². The fourth-order valence-corrected chi connectivity index (χ4v) is 3.04. The Morgan fingerprint density at radius 2 is 1.52 bits per heavy atom. The third-order valence-electron chi connectivity index (χ3n) is 4.54. The average molecular weight is 391 g/mol. The number of para-hydroxylation sites is 1. The van der Waals surface area contributed by atoms with Crippen LogP contribution in [-0.2, 0) is 9.53 Å². The number of ketones is 1. The minimum Gasteiger partial charge on any atom is -0.496 e. The van der Waals surface area contributed by atoms with Gasteiger partial charge in [0.15, 0.2) is 11.9 Å². The molecule has 6 nitrogen and oxygen atoms in total. The number of amides is 1. The van der Waals surface area contributed by atoms with E-state index in [2.05, 4.69) is 5.32 Å². The second kappa shape index (κ2) is 8.56. The first-order valence-corrected chi connectivity index (χ1v) is 9.10. The lowest BCUT2D eigenvalue weighted by Gasteiger charge is -2.16. The summed E-state index contributed by atoms with van der Waals surface area (Å²) in [6, 6.07) is 17.3. The van der Waals surface area contributed by atoms with Gasteiger partial charge in [0, 0.05) is 10.9 Å².